The van der Waals surface area contributed by atoms with Crippen molar-refractivity contribution >= 4 is 0 Å². The molecule has 0 aliphatic heterocycles. The summed E-state index contributed by atoms with van der Waals surface area (Å²) < 4.78 is 5.90. The molecular weight excluding hydrogens is 418 g/mol. The summed E-state index contributed by atoms with van der Waals surface area (Å²) in [5, 5.41) is 12.8. The smallest absolute Gasteiger partial charge is 0.126 e. The van der Waals surface area contributed by atoms with Crippen LogP contribution in [0, 0.1) is 5.92 Å². The molecule has 1 saturated carbocycles. The maximum Gasteiger partial charge on any atom is 0.126 e. The predicted octanol–water partition coefficient (Wildman–Crippen LogP) is 7.63. The van der Waals surface area contributed by atoms with Crippen LogP contribution in [0.3, 0.4) is 0 Å². The van der Waals surface area contributed by atoms with Gasteiger partial charge in [0.15, 0.2) is 0 Å². The Hall–Kier alpha value is -2.10. The predicted molar refractivity (Wildman–Crippen MR) is 144 cm³/mol. The lowest BCUT2D eigenvalue weighted by Gasteiger charge is -2.29. The molecule has 0 amide bonds. The highest BCUT2D eigenvalue weighted by atomic mass is 16.5. The van der Waals surface area contributed by atoms with Crippen molar-refractivity contribution in [2.75, 3.05) is 13.2 Å². The van der Waals surface area contributed by atoms with Crippen molar-refractivity contribution in [2.24, 2.45) is 5.92 Å². The normalized spacial score (nSPS) is 19.1. The molecule has 186 valence electrons. The quantitative estimate of drug-likeness (QED) is 0.182. The Morgan fingerprint density at radius 3 is 2.44 bits per heavy atom. The van der Waals surface area contributed by atoms with Gasteiger partial charge in [0.25, 0.3) is 0 Å². The number of nitrogens with one attached hydrogen (secondary N) is 1. The molecule has 0 aromatic heterocycles. The van der Waals surface area contributed by atoms with Crippen LogP contribution < -0.4 is 10.1 Å². The molecule has 1 aliphatic carbocycles. The third kappa shape index (κ3) is 7.71. The van der Waals surface area contributed by atoms with Crippen molar-refractivity contribution in [3.8, 4) is 16.9 Å². The van der Waals surface area contributed by atoms with Crippen molar-refractivity contribution < 1.29 is 9.84 Å². The zero-order chi connectivity index (χ0) is 24.3. The first-order valence-electron chi connectivity index (χ1n) is 13.4. The average molecular weight is 464 g/mol. The monoisotopic (exact) mass is 463 g/mol. The number of aliphatic hydroxyl groups is 1. The summed E-state index contributed by atoms with van der Waals surface area (Å²) in [4.78, 5) is 0. The maximum atomic E-state index is 9.76. The van der Waals surface area contributed by atoms with Gasteiger partial charge in [-0.25, -0.2) is 0 Å². The van der Waals surface area contributed by atoms with Gasteiger partial charge in [0.2, 0.25) is 0 Å². The molecule has 1 aliphatic rings. The molecule has 2 aromatic carbocycles. The number of aliphatic hydroxyl groups excluding tert-OH is 1. The van der Waals surface area contributed by atoms with E-state index in [4.69, 9.17) is 4.74 Å². The Morgan fingerprint density at radius 2 is 1.79 bits per heavy atom. The molecular formula is C31H45NO2. The van der Waals surface area contributed by atoms with Gasteiger partial charge in [-0.15, -0.1) is 0 Å². The largest absolute Gasteiger partial charge is 0.492 e. The molecule has 3 nitrogen and oxygen atoms in total. The highest BCUT2D eigenvalue weighted by Gasteiger charge is 2.22. The second kappa shape index (κ2) is 13.7. The van der Waals surface area contributed by atoms with Gasteiger partial charge in [-0.2, -0.15) is 0 Å². The maximum absolute atomic E-state index is 9.76. The highest BCUT2D eigenvalue weighted by Crippen LogP contribution is 2.38. The molecule has 0 saturated heterocycles. The zero-order valence-electron chi connectivity index (χ0n) is 21.6. The highest BCUT2D eigenvalue weighted by molar-refractivity contribution is 5.68. The molecule has 3 heteroatoms. The molecule has 0 heterocycles. The Balaban J connectivity index is 1.55. The first kappa shape index (κ1) is 26.5. The van der Waals surface area contributed by atoms with Crippen LogP contribution in [0.2, 0.25) is 0 Å². The number of aryl methyl sites for hydroxylation is 1. The standard InChI is InChI=1S/C31H45NO2/c1-5-7-8-9-24-10-12-26(13-11-24)27-14-16-28(17-15-27)30-19-18-29(22-25(30)6-2)34-21-20-32-31(33)23(3)4/h14-19,22,24,26,31-33H,3,5-13,20-21H2,1-2,4H3. The lowest BCUT2D eigenvalue weighted by molar-refractivity contribution is 0.163. The fourth-order valence-corrected chi connectivity index (χ4v) is 5.18. The van der Waals surface area contributed by atoms with Gasteiger partial charge in [0.1, 0.15) is 18.6 Å². The summed E-state index contributed by atoms with van der Waals surface area (Å²) in [6.07, 6.45) is 11.4. The first-order chi connectivity index (χ1) is 16.5. The summed E-state index contributed by atoms with van der Waals surface area (Å²) in [5.41, 5.74) is 6.09. The molecule has 0 spiro atoms. The topological polar surface area (TPSA) is 41.5 Å². The molecule has 2 aromatic rings. The van der Waals surface area contributed by atoms with Crippen LogP contribution in [0.5, 0.6) is 5.75 Å². The number of rotatable bonds is 13. The summed E-state index contributed by atoms with van der Waals surface area (Å²) in [7, 11) is 0. The van der Waals surface area contributed by atoms with Crippen LogP contribution in [0.1, 0.15) is 89.2 Å². The summed E-state index contributed by atoms with van der Waals surface area (Å²) in [6, 6.07) is 15.7. The third-order valence-electron chi connectivity index (χ3n) is 7.39. The van der Waals surface area contributed by atoms with E-state index in [1.54, 1.807) is 6.92 Å². The molecule has 0 bridgehead atoms. The van der Waals surface area contributed by atoms with Gasteiger partial charge < -0.3 is 9.84 Å². The SMILES string of the molecule is C=C(C)C(O)NCCOc1ccc(-c2ccc(C3CCC(CCCCC)CC3)cc2)c(CC)c1. The van der Waals surface area contributed by atoms with Crippen LogP contribution in [0.4, 0.5) is 0 Å². The number of ether oxygens (including phenoxy) is 1. The van der Waals surface area contributed by atoms with Crippen molar-refractivity contribution in [1.82, 2.24) is 5.32 Å². The van der Waals surface area contributed by atoms with E-state index < -0.39 is 6.23 Å². The van der Waals surface area contributed by atoms with Gasteiger partial charge >= 0.3 is 0 Å². The van der Waals surface area contributed by atoms with E-state index in [1.165, 1.54) is 73.6 Å². The second-order valence-electron chi connectivity index (χ2n) is 10.1. The summed E-state index contributed by atoms with van der Waals surface area (Å²) >= 11 is 0. The fraction of sp³-hybridized carbons (Fsp3) is 0.548. The number of unbranched alkanes of at least 4 members (excludes halogenated alkanes) is 2. The molecule has 0 radical (unpaired) electrons. The average Bonchev–Trinajstić information content (AvgIpc) is 2.87. The van der Waals surface area contributed by atoms with Crippen LogP contribution >= 0.6 is 0 Å². The van der Waals surface area contributed by atoms with E-state index in [1.807, 2.05) is 0 Å². The van der Waals surface area contributed by atoms with Crippen LogP contribution in [0.25, 0.3) is 11.1 Å². The summed E-state index contributed by atoms with van der Waals surface area (Å²) in [5.74, 6) is 2.57. The minimum atomic E-state index is -0.680. The lowest BCUT2D eigenvalue weighted by Crippen LogP contribution is -2.32. The minimum absolute atomic E-state index is 0.502. The first-order valence-corrected chi connectivity index (χ1v) is 13.4. The van der Waals surface area contributed by atoms with Gasteiger partial charge in [-0.05, 0) is 90.8 Å². The van der Waals surface area contributed by atoms with Crippen LogP contribution in [-0.4, -0.2) is 24.5 Å². The molecule has 1 fully saturated rings. The summed E-state index contributed by atoms with van der Waals surface area (Å²) in [6.45, 7) is 11.1. The van der Waals surface area contributed by atoms with Crippen LogP contribution in [-0.2, 0) is 6.42 Å². The minimum Gasteiger partial charge on any atom is -0.492 e. The van der Waals surface area contributed by atoms with E-state index in [9.17, 15) is 5.11 Å². The molecule has 2 N–H and O–H groups in total. The lowest BCUT2D eigenvalue weighted by atomic mass is 9.77. The molecule has 1 atom stereocenters. The Kier molecular flexibility index (Phi) is 10.7. The number of hydrogen-bond acceptors (Lipinski definition) is 3. The van der Waals surface area contributed by atoms with Gasteiger partial charge in [-0.3, -0.25) is 5.32 Å². The Morgan fingerprint density at radius 1 is 1.06 bits per heavy atom. The van der Waals surface area contributed by atoms with Crippen molar-refractivity contribution in [2.45, 2.75) is 90.7 Å². The zero-order valence-corrected chi connectivity index (χ0v) is 21.6. The number of benzene rings is 2. The fourth-order valence-electron chi connectivity index (χ4n) is 5.18. The molecule has 1 unspecified atom stereocenters. The van der Waals surface area contributed by atoms with Gasteiger partial charge in [0.05, 0.1) is 0 Å². The van der Waals surface area contributed by atoms with E-state index in [0.29, 0.717) is 18.7 Å². The molecule has 34 heavy (non-hydrogen) atoms. The van der Waals surface area contributed by atoms with E-state index >= 15 is 0 Å². The number of hydrogen-bond donors (Lipinski definition) is 2. The van der Waals surface area contributed by atoms with Crippen molar-refractivity contribution in [1.29, 1.82) is 0 Å². The van der Waals surface area contributed by atoms with Gasteiger partial charge in [-0.1, -0.05) is 76.4 Å². The van der Waals surface area contributed by atoms with E-state index in [0.717, 1.165) is 24.0 Å². The van der Waals surface area contributed by atoms with E-state index in [2.05, 4.69) is 68.2 Å². The second-order valence-corrected chi connectivity index (χ2v) is 10.1. The van der Waals surface area contributed by atoms with Crippen molar-refractivity contribution in [3.05, 3.63) is 65.7 Å². The van der Waals surface area contributed by atoms with Crippen LogP contribution in [0.15, 0.2) is 54.6 Å². The van der Waals surface area contributed by atoms with E-state index in [-0.39, 0.29) is 0 Å². The van der Waals surface area contributed by atoms with Crippen molar-refractivity contribution in [3.63, 3.8) is 0 Å². The third-order valence-corrected chi connectivity index (χ3v) is 7.39. The Labute approximate surface area is 207 Å². The Bertz CT molecular complexity index is 881. The molecule has 3 rings (SSSR count). The van der Waals surface area contributed by atoms with Gasteiger partial charge in [0, 0.05) is 6.54 Å².